The molecule has 1 aromatic heterocycles. The van der Waals surface area contributed by atoms with Crippen LogP contribution in [0.3, 0.4) is 0 Å². The molecule has 2 amide bonds. The molecule has 1 aliphatic rings. The molecule has 1 fully saturated rings. The summed E-state index contributed by atoms with van der Waals surface area (Å²) in [6.45, 7) is 3.10. The first-order valence-corrected chi connectivity index (χ1v) is 8.44. The van der Waals surface area contributed by atoms with Gasteiger partial charge in [-0.3, -0.25) is 0 Å². The summed E-state index contributed by atoms with van der Waals surface area (Å²) in [5.74, 6) is 0. The number of likely N-dealkylation sites (tertiary alicyclic amines) is 1. The van der Waals surface area contributed by atoms with Crippen LogP contribution in [0.4, 0.5) is 4.79 Å². The number of aliphatic hydroxyl groups excluding tert-OH is 1. The fourth-order valence-electron chi connectivity index (χ4n) is 3.48. The van der Waals surface area contributed by atoms with Crippen molar-refractivity contribution in [2.75, 3.05) is 26.2 Å². The molecule has 1 atom stereocenters. The van der Waals surface area contributed by atoms with Crippen LogP contribution in [0, 0.1) is 6.92 Å². The highest BCUT2D eigenvalue weighted by Gasteiger charge is 2.34. The average Bonchev–Trinajstić information content (AvgIpc) is 2.99. The zero-order valence-corrected chi connectivity index (χ0v) is 14.0. The van der Waals surface area contributed by atoms with Gasteiger partial charge >= 0.3 is 6.03 Å². The number of piperidine rings is 1. The molecule has 6 heteroatoms. The van der Waals surface area contributed by atoms with Gasteiger partial charge in [0.2, 0.25) is 0 Å². The van der Waals surface area contributed by atoms with Crippen LogP contribution in [0.5, 0.6) is 0 Å². The summed E-state index contributed by atoms with van der Waals surface area (Å²) in [7, 11) is 0. The number of hydrogen-bond acceptors (Lipinski definition) is 3. The Hall–Kier alpha value is -2.05. The van der Waals surface area contributed by atoms with Crippen LogP contribution >= 0.6 is 0 Å². The summed E-state index contributed by atoms with van der Waals surface area (Å²) in [4.78, 5) is 17.1. The number of urea groups is 1. The number of aromatic amines is 1. The number of nitrogens with one attached hydrogen (secondary N) is 2. The van der Waals surface area contributed by atoms with Crippen LogP contribution in [0.25, 0.3) is 10.9 Å². The van der Waals surface area contributed by atoms with Crippen molar-refractivity contribution in [2.45, 2.75) is 31.8 Å². The number of nitrogens with zero attached hydrogens (tertiary/aromatic N) is 1. The number of carbonyl (C=O) groups excluding carboxylic acids is 1. The Morgan fingerprint density at radius 2 is 2.29 bits per heavy atom. The lowest BCUT2D eigenvalue weighted by Crippen LogP contribution is -2.54. The number of benzene rings is 1. The molecule has 0 radical (unpaired) electrons. The molecule has 3 rings (SSSR count). The zero-order valence-electron chi connectivity index (χ0n) is 14.0. The quantitative estimate of drug-likeness (QED) is 0.685. The highest BCUT2D eigenvalue weighted by molar-refractivity contribution is 5.86. The van der Waals surface area contributed by atoms with Crippen LogP contribution in [-0.2, 0) is 6.42 Å². The van der Waals surface area contributed by atoms with Crippen molar-refractivity contribution in [3.8, 4) is 0 Å². The number of hydrogen-bond donors (Lipinski definition) is 4. The highest BCUT2D eigenvalue weighted by atomic mass is 16.3. The zero-order chi connectivity index (χ0) is 17.2. The molecule has 4 N–H and O–H groups in total. The molecular weight excluding hydrogens is 306 g/mol. The second-order valence-corrected chi connectivity index (χ2v) is 6.70. The maximum atomic E-state index is 12.3. The lowest BCUT2D eigenvalue weighted by atomic mass is 9.94. The third-order valence-electron chi connectivity index (χ3n) is 4.80. The lowest BCUT2D eigenvalue weighted by molar-refractivity contribution is -0.0569. The molecule has 2 aromatic rings. The number of fused-ring (bicyclic) bond motifs is 1. The summed E-state index contributed by atoms with van der Waals surface area (Å²) in [5, 5.41) is 23.6. The van der Waals surface area contributed by atoms with E-state index in [1.807, 2.05) is 18.3 Å². The number of aryl methyl sites for hydroxylation is 1. The number of carbonyl (C=O) groups is 1. The fraction of sp³-hybridized carbons (Fsp3) is 0.500. The van der Waals surface area contributed by atoms with Gasteiger partial charge in [0, 0.05) is 30.2 Å². The van der Waals surface area contributed by atoms with Crippen molar-refractivity contribution in [3.63, 3.8) is 0 Å². The van der Waals surface area contributed by atoms with E-state index in [2.05, 4.69) is 23.3 Å². The molecule has 130 valence electrons. The minimum absolute atomic E-state index is 0.182. The van der Waals surface area contributed by atoms with E-state index in [0.29, 0.717) is 25.9 Å². The molecule has 1 aliphatic heterocycles. The van der Waals surface area contributed by atoms with Crippen molar-refractivity contribution < 1.29 is 15.0 Å². The molecule has 0 aliphatic carbocycles. The van der Waals surface area contributed by atoms with Gasteiger partial charge in [0.1, 0.15) is 5.60 Å². The van der Waals surface area contributed by atoms with Gasteiger partial charge in [0.05, 0.1) is 13.2 Å². The first-order valence-electron chi connectivity index (χ1n) is 8.44. The Morgan fingerprint density at radius 1 is 1.46 bits per heavy atom. The highest BCUT2D eigenvalue weighted by Crippen LogP contribution is 2.22. The van der Waals surface area contributed by atoms with Crippen LogP contribution < -0.4 is 5.32 Å². The van der Waals surface area contributed by atoms with Gasteiger partial charge in [-0.1, -0.05) is 12.1 Å². The van der Waals surface area contributed by atoms with Crippen LogP contribution in [0.15, 0.2) is 24.4 Å². The van der Waals surface area contributed by atoms with Crippen molar-refractivity contribution in [1.82, 2.24) is 15.2 Å². The number of β-amino-alcohol motifs (C(OH)–C–C–N with tert-alkyl or cyclic N) is 1. The van der Waals surface area contributed by atoms with Gasteiger partial charge in [0.15, 0.2) is 0 Å². The van der Waals surface area contributed by atoms with E-state index in [0.717, 1.165) is 11.9 Å². The minimum atomic E-state index is -1.16. The molecule has 1 saturated heterocycles. The summed E-state index contributed by atoms with van der Waals surface area (Å²) in [6.07, 6.45) is 3.97. The largest absolute Gasteiger partial charge is 0.393 e. The van der Waals surface area contributed by atoms with Gasteiger partial charge < -0.3 is 25.4 Å². The minimum Gasteiger partial charge on any atom is -0.393 e. The van der Waals surface area contributed by atoms with Crippen molar-refractivity contribution >= 4 is 16.9 Å². The third kappa shape index (κ3) is 3.39. The predicted molar refractivity (Wildman–Crippen MR) is 93.0 cm³/mol. The van der Waals surface area contributed by atoms with E-state index in [9.17, 15) is 15.0 Å². The maximum Gasteiger partial charge on any atom is 0.317 e. The number of aliphatic hydroxyl groups is 2. The first kappa shape index (κ1) is 16.8. The summed E-state index contributed by atoms with van der Waals surface area (Å²) in [5.41, 5.74) is 2.36. The van der Waals surface area contributed by atoms with Crippen LogP contribution in [0.1, 0.15) is 24.0 Å². The van der Waals surface area contributed by atoms with E-state index < -0.39 is 5.60 Å². The molecule has 1 unspecified atom stereocenters. The normalized spacial score (nSPS) is 21.2. The fourth-order valence-corrected chi connectivity index (χ4v) is 3.48. The van der Waals surface area contributed by atoms with Gasteiger partial charge in [0.25, 0.3) is 0 Å². The summed E-state index contributed by atoms with van der Waals surface area (Å²) >= 11 is 0. The molecule has 6 nitrogen and oxygen atoms in total. The first-order chi connectivity index (χ1) is 11.5. The van der Waals surface area contributed by atoms with E-state index in [4.69, 9.17) is 0 Å². The molecular formula is C18H25N3O3. The SMILES string of the molecule is Cc1cccc2[nH]cc(CCNC(=O)N3CCCC(O)(CO)C3)c12. The Morgan fingerprint density at radius 3 is 3.08 bits per heavy atom. The topological polar surface area (TPSA) is 88.6 Å². The molecule has 1 aromatic carbocycles. The van der Waals surface area contributed by atoms with E-state index >= 15 is 0 Å². The van der Waals surface area contributed by atoms with Gasteiger partial charge in [-0.25, -0.2) is 4.79 Å². The second-order valence-electron chi connectivity index (χ2n) is 6.70. The number of rotatable bonds is 4. The third-order valence-corrected chi connectivity index (χ3v) is 4.80. The number of aromatic nitrogens is 1. The van der Waals surface area contributed by atoms with E-state index in [1.54, 1.807) is 4.90 Å². The lowest BCUT2D eigenvalue weighted by Gasteiger charge is -2.37. The van der Waals surface area contributed by atoms with Gasteiger partial charge in [-0.2, -0.15) is 0 Å². The molecule has 0 bridgehead atoms. The van der Waals surface area contributed by atoms with Crippen LogP contribution in [0.2, 0.25) is 0 Å². The number of H-pyrrole nitrogens is 1. The Balaban J connectivity index is 1.57. The predicted octanol–water partition coefficient (Wildman–Crippen LogP) is 1.55. The standard InChI is InChI=1S/C18H25N3O3/c1-13-4-2-5-15-16(13)14(10-20-15)6-8-19-17(23)21-9-3-7-18(24,11-21)12-22/h2,4-5,10,20,22,24H,3,6-9,11-12H2,1H3,(H,19,23). The Labute approximate surface area is 141 Å². The van der Waals surface area contributed by atoms with E-state index in [-0.39, 0.29) is 19.2 Å². The van der Waals surface area contributed by atoms with Crippen molar-refractivity contribution in [2.24, 2.45) is 0 Å². The smallest absolute Gasteiger partial charge is 0.317 e. The summed E-state index contributed by atoms with van der Waals surface area (Å²) in [6, 6.07) is 5.98. The van der Waals surface area contributed by atoms with Gasteiger partial charge in [-0.15, -0.1) is 0 Å². The maximum absolute atomic E-state index is 12.3. The Bertz CT molecular complexity index is 727. The summed E-state index contributed by atoms with van der Waals surface area (Å²) < 4.78 is 0. The average molecular weight is 331 g/mol. The van der Waals surface area contributed by atoms with Gasteiger partial charge in [-0.05, 0) is 43.4 Å². The Kier molecular flexibility index (Phi) is 4.78. The molecule has 0 saturated carbocycles. The molecule has 24 heavy (non-hydrogen) atoms. The monoisotopic (exact) mass is 331 g/mol. The van der Waals surface area contributed by atoms with E-state index in [1.165, 1.54) is 16.5 Å². The van der Waals surface area contributed by atoms with Crippen molar-refractivity contribution in [3.05, 3.63) is 35.5 Å². The second kappa shape index (κ2) is 6.83. The number of amides is 2. The van der Waals surface area contributed by atoms with Crippen LogP contribution in [-0.4, -0.2) is 58.0 Å². The molecule has 2 heterocycles. The molecule has 0 spiro atoms. The van der Waals surface area contributed by atoms with Crippen molar-refractivity contribution in [1.29, 1.82) is 0 Å².